The second kappa shape index (κ2) is 8.79. The summed E-state index contributed by atoms with van der Waals surface area (Å²) in [5, 5.41) is 1.22. The molecule has 1 saturated heterocycles. The molecule has 5 rings (SSSR count). The highest BCUT2D eigenvalue weighted by atomic mass is 32.1. The molecule has 2 aliphatic heterocycles. The van der Waals surface area contributed by atoms with E-state index in [1.54, 1.807) is 22.9 Å². The molecular weight excluding hydrogens is 404 g/mol. The highest BCUT2D eigenvalue weighted by Gasteiger charge is 2.26. The predicted molar refractivity (Wildman–Crippen MR) is 127 cm³/mol. The summed E-state index contributed by atoms with van der Waals surface area (Å²) in [5.74, 6) is 1.91. The summed E-state index contributed by atoms with van der Waals surface area (Å²) < 4.78 is 6.13. The molecule has 31 heavy (non-hydrogen) atoms. The zero-order valence-electron chi connectivity index (χ0n) is 18.7. The van der Waals surface area contributed by atoms with E-state index in [1.807, 2.05) is 22.3 Å². The fourth-order valence-corrected chi connectivity index (χ4v) is 6.76. The van der Waals surface area contributed by atoms with Crippen LogP contribution in [0.5, 0.6) is 0 Å². The molecule has 0 radical (unpaired) electrons. The van der Waals surface area contributed by atoms with E-state index in [2.05, 4.69) is 36.1 Å². The molecule has 0 aliphatic carbocycles. The second-order valence-electron chi connectivity index (χ2n) is 9.00. The number of fused-ring (bicyclic) bond motifs is 2. The van der Waals surface area contributed by atoms with E-state index >= 15 is 0 Å². The van der Waals surface area contributed by atoms with Gasteiger partial charge in [-0.2, -0.15) is 0 Å². The number of piperidine rings is 1. The lowest BCUT2D eigenvalue weighted by Crippen LogP contribution is -2.34. The van der Waals surface area contributed by atoms with Gasteiger partial charge in [0.05, 0.1) is 6.54 Å². The Morgan fingerprint density at radius 1 is 1.19 bits per heavy atom. The van der Waals surface area contributed by atoms with Crippen LogP contribution in [0.3, 0.4) is 0 Å². The molecule has 0 saturated carbocycles. The fraction of sp³-hybridized carbons (Fsp3) is 0.500. The van der Waals surface area contributed by atoms with Crippen LogP contribution < -0.4 is 0 Å². The zero-order chi connectivity index (χ0) is 21.4. The number of thiophene rings is 1. The van der Waals surface area contributed by atoms with E-state index in [-0.39, 0.29) is 5.91 Å². The molecule has 0 atom stereocenters. The highest BCUT2D eigenvalue weighted by Crippen LogP contribution is 2.35. The molecule has 2 aliphatic rings. The minimum atomic E-state index is 0.200. The number of hydrogen-bond acceptors (Lipinski definition) is 4. The van der Waals surface area contributed by atoms with Crippen molar-refractivity contribution in [2.45, 2.75) is 58.4 Å². The van der Waals surface area contributed by atoms with E-state index in [0.29, 0.717) is 5.92 Å². The number of nitrogens with zero attached hydrogens (tertiary/aromatic N) is 2. The minimum Gasteiger partial charge on any atom is -0.461 e. The van der Waals surface area contributed by atoms with Gasteiger partial charge >= 0.3 is 0 Å². The molecule has 164 valence electrons. The Hall–Kier alpha value is -2.11. The molecule has 4 nitrogen and oxygen atoms in total. The molecular formula is C26H32N2O2S. The van der Waals surface area contributed by atoms with Crippen LogP contribution in [0.4, 0.5) is 0 Å². The van der Waals surface area contributed by atoms with Gasteiger partial charge in [0.25, 0.3) is 0 Å². The first-order valence-electron chi connectivity index (χ1n) is 11.7. The van der Waals surface area contributed by atoms with Crippen LogP contribution in [-0.2, 0) is 30.6 Å². The monoisotopic (exact) mass is 436 g/mol. The molecule has 5 heteroatoms. The lowest BCUT2D eigenvalue weighted by Gasteiger charge is -2.31. The van der Waals surface area contributed by atoms with Gasteiger partial charge in [-0.3, -0.25) is 4.79 Å². The summed E-state index contributed by atoms with van der Waals surface area (Å²) in [6, 6.07) is 10.6. The van der Waals surface area contributed by atoms with Crippen LogP contribution in [0.2, 0.25) is 0 Å². The van der Waals surface area contributed by atoms with Crippen molar-refractivity contribution in [2.24, 2.45) is 0 Å². The van der Waals surface area contributed by atoms with Crippen molar-refractivity contribution in [1.82, 2.24) is 9.80 Å². The Bertz CT molecular complexity index is 1040. The van der Waals surface area contributed by atoms with Crippen LogP contribution in [0.25, 0.3) is 11.0 Å². The van der Waals surface area contributed by atoms with Crippen LogP contribution in [-0.4, -0.2) is 41.9 Å². The predicted octanol–water partition coefficient (Wildman–Crippen LogP) is 5.38. The summed E-state index contributed by atoms with van der Waals surface area (Å²) in [6.45, 7) is 9.08. The van der Waals surface area contributed by atoms with E-state index in [1.165, 1.54) is 23.1 Å². The van der Waals surface area contributed by atoms with Crippen molar-refractivity contribution in [3.8, 4) is 0 Å². The van der Waals surface area contributed by atoms with E-state index < -0.39 is 0 Å². The maximum absolute atomic E-state index is 11.8. The molecule has 0 bridgehead atoms. The largest absolute Gasteiger partial charge is 0.461 e. The Balaban J connectivity index is 1.19. The van der Waals surface area contributed by atoms with Gasteiger partial charge < -0.3 is 14.2 Å². The number of furan rings is 1. The van der Waals surface area contributed by atoms with Gasteiger partial charge in [0.15, 0.2) is 0 Å². The number of rotatable bonds is 5. The van der Waals surface area contributed by atoms with Crippen LogP contribution >= 0.6 is 11.3 Å². The van der Waals surface area contributed by atoms with Crippen LogP contribution in [0.15, 0.2) is 34.7 Å². The molecule has 1 amide bonds. The summed E-state index contributed by atoms with van der Waals surface area (Å²) in [7, 11) is 0. The molecule has 0 N–H and O–H groups in total. The van der Waals surface area contributed by atoms with Gasteiger partial charge in [0.2, 0.25) is 5.91 Å². The zero-order valence-corrected chi connectivity index (χ0v) is 19.5. The molecule has 4 heterocycles. The van der Waals surface area contributed by atoms with E-state index in [0.717, 1.165) is 63.3 Å². The Morgan fingerprint density at radius 3 is 2.74 bits per heavy atom. The topological polar surface area (TPSA) is 36.7 Å². The molecule has 0 spiro atoms. The smallest absolute Gasteiger partial charge is 0.219 e. The third-order valence-corrected chi connectivity index (χ3v) is 8.46. The number of amides is 1. The molecule has 1 fully saturated rings. The third kappa shape index (κ3) is 4.18. The van der Waals surface area contributed by atoms with E-state index in [4.69, 9.17) is 4.42 Å². The lowest BCUT2D eigenvalue weighted by molar-refractivity contribution is -0.129. The third-order valence-electron chi connectivity index (χ3n) is 7.14. The van der Waals surface area contributed by atoms with Crippen molar-refractivity contribution in [3.63, 3.8) is 0 Å². The average molecular weight is 437 g/mol. The van der Waals surface area contributed by atoms with Gasteiger partial charge in [0, 0.05) is 41.1 Å². The van der Waals surface area contributed by atoms with Gasteiger partial charge in [-0.15, -0.1) is 11.3 Å². The summed E-state index contributed by atoms with van der Waals surface area (Å²) in [4.78, 5) is 19.4. The standard InChI is InChI=1S/C26H32N2O2S/c1-3-21-22-10-15-28(18(2)29)17-26(22)31-25(21)11-14-27-12-8-19(9-13-27)24-16-20-6-4-5-7-23(20)30-24/h4-7,16,19H,3,8-15,17H2,1-2H3. The molecule has 1 aromatic carbocycles. The quantitative estimate of drug-likeness (QED) is 0.539. The van der Waals surface area contributed by atoms with Crippen LogP contribution in [0.1, 0.15) is 59.2 Å². The first-order chi connectivity index (χ1) is 15.1. The van der Waals surface area contributed by atoms with Crippen LogP contribution in [0, 0.1) is 0 Å². The maximum atomic E-state index is 11.8. The van der Waals surface area contributed by atoms with Crippen molar-refractivity contribution in [2.75, 3.05) is 26.2 Å². The summed E-state index contributed by atoms with van der Waals surface area (Å²) in [5.41, 5.74) is 4.13. The van der Waals surface area contributed by atoms with Crippen molar-refractivity contribution in [1.29, 1.82) is 0 Å². The first-order valence-corrected chi connectivity index (χ1v) is 12.5. The molecule has 3 aromatic rings. The van der Waals surface area contributed by atoms with Crippen molar-refractivity contribution >= 4 is 28.2 Å². The number of carbonyl (C=O) groups is 1. The fourth-order valence-electron chi connectivity index (χ4n) is 5.31. The number of likely N-dealkylation sites (tertiary alicyclic amines) is 1. The SMILES string of the molecule is CCc1c(CCN2CCC(c3cc4ccccc4o3)CC2)sc2c1CCN(C(C)=O)C2. The number of hydrogen-bond donors (Lipinski definition) is 0. The van der Waals surface area contributed by atoms with E-state index in [9.17, 15) is 4.79 Å². The summed E-state index contributed by atoms with van der Waals surface area (Å²) in [6.07, 6.45) is 5.62. The Morgan fingerprint density at radius 2 is 2.00 bits per heavy atom. The van der Waals surface area contributed by atoms with Crippen molar-refractivity contribution < 1.29 is 9.21 Å². The van der Waals surface area contributed by atoms with Gasteiger partial charge in [-0.1, -0.05) is 25.1 Å². The van der Waals surface area contributed by atoms with Gasteiger partial charge in [-0.05, 0) is 68.5 Å². The molecule has 2 aromatic heterocycles. The Kier molecular flexibility index (Phi) is 5.89. The number of para-hydroxylation sites is 1. The second-order valence-corrected chi connectivity index (χ2v) is 10.2. The maximum Gasteiger partial charge on any atom is 0.219 e. The highest BCUT2D eigenvalue weighted by molar-refractivity contribution is 7.12. The number of carbonyl (C=O) groups excluding carboxylic acids is 1. The summed E-state index contributed by atoms with van der Waals surface area (Å²) >= 11 is 1.96. The average Bonchev–Trinajstić information content (AvgIpc) is 3.38. The normalized spacial score (nSPS) is 17.9. The van der Waals surface area contributed by atoms with Crippen molar-refractivity contribution in [3.05, 3.63) is 57.0 Å². The van der Waals surface area contributed by atoms with Gasteiger partial charge in [0.1, 0.15) is 11.3 Å². The molecule has 0 unspecified atom stereocenters. The lowest BCUT2D eigenvalue weighted by atomic mass is 9.94. The number of benzene rings is 1. The minimum absolute atomic E-state index is 0.200. The first kappa shape index (κ1) is 20.8. The van der Waals surface area contributed by atoms with Gasteiger partial charge in [-0.25, -0.2) is 0 Å². The Labute approximate surface area is 188 Å².